The summed E-state index contributed by atoms with van der Waals surface area (Å²) in [7, 11) is -0.407. The van der Waals surface area contributed by atoms with Crippen LogP contribution in [-0.2, 0) is 0 Å². The highest BCUT2D eigenvalue weighted by Crippen LogP contribution is 2.53. The first-order chi connectivity index (χ1) is 15.6. The average molecular weight is 495 g/mol. The Hall–Kier alpha value is -0.598. The Morgan fingerprint density at radius 2 is 1.03 bits per heavy atom. The second kappa shape index (κ2) is 11.6. The second-order valence-corrected chi connectivity index (χ2v) is 20.7. The SMILES string of the molecule is CCCC[CH](CP(c1c(C)cc(C)cc1C)c1c(C)cc(C)cc1C)[Al]([C](C)(C)C)[C](C)(C)C. The number of hydrogen-bond acceptors (Lipinski definition) is 0. The minimum Gasteiger partial charge on any atom is -0.0782 e. The van der Waals surface area contributed by atoms with Crippen molar-refractivity contribution in [2.24, 2.45) is 0 Å². The lowest BCUT2D eigenvalue weighted by atomic mass is 10.1. The van der Waals surface area contributed by atoms with Crippen molar-refractivity contribution < 1.29 is 0 Å². The lowest BCUT2D eigenvalue weighted by Gasteiger charge is -2.43. The Bertz CT molecular complexity index is 856. The van der Waals surface area contributed by atoms with E-state index in [1.54, 1.807) is 10.6 Å². The van der Waals surface area contributed by atoms with Crippen LogP contribution in [0.2, 0.25) is 13.3 Å². The number of benzene rings is 2. The van der Waals surface area contributed by atoms with Gasteiger partial charge >= 0.3 is 0 Å². The molecule has 0 nitrogen and oxygen atoms in total. The molecule has 0 saturated heterocycles. The molecule has 34 heavy (non-hydrogen) atoms. The highest BCUT2D eigenvalue weighted by Gasteiger charge is 2.46. The van der Waals surface area contributed by atoms with Gasteiger partial charge in [0.05, 0.1) is 0 Å². The Labute approximate surface area is 218 Å². The summed E-state index contributed by atoms with van der Waals surface area (Å²) >= 11 is -1.13. The van der Waals surface area contributed by atoms with Gasteiger partial charge in [-0.05, 0) is 88.5 Å². The first-order valence-electron chi connectivity index (χ1n) is 13.5. The summed E-state index contributed by atoms with van der Waals surface area (Å²) in [5, 5.41) is 3.32. The summed E-state index contributed by atoms with van der Waals surface area (Å²) in [6.07, 6.45) is 5.42. The van der Waals surface area contributed by atoms with Crippen molar-refractivity contribution >= 4 is 32.7 Å². The normalized spacial score (nSPS) is 13.5. The smallest absolute Gasteiger partial charge is 0.0782 e. The van der Waals surface area contributed by atoms with Gasteiger partial charge in [0.15, 0.2) is 0 Å². The van der Waals surface area contributed by atoms with Gasteiger partial charge in [0.25, 0.3) is 14.1 Å². The van der Waals surface area contributed by atoms with E-state index in [9.17, 15) is 0 Å². The van der Waals surface area contributed by atoms with Crippen LogP contribution >= 0.6 is 7.92 Å². The summed E-state index contributed by atoms with van der Waals surface area (Å²) in [4.78, 5) is 0. The van der Waals surface area contributed by atoms with Crippen LogP contribution in [0.1, 0.15) is 101 Å². The van der Waals surface area contributed by atoms with Crippen molar-refractivity contribution in [1.82, 2.24) is 0 Å². The van der Waals surface area contributed by atoms with Crippen molar-refractivity contribution in [3.8, 4) is 0 Å². The zero-order valence-electron chi connectivity index (χ0n) is 24.7. The maximum absolute atomic E-state index is 2.54. The average Bonchev–Trinajstić information content (AvgIpc) is 2.61. The predicted molar refractivity (Wildman–Crippen MR) is 161 cm³/mol. The molecule has 0 bridgehead atoms. The van der Waals surface area contributed by atoms with E-state index in [0.29, 0.717) is 8.55 Å². The molecule has 1 unspecified atom stereocenters. The zero-order valence-corrected chi connectivity index (χ0v) is 26.8. The minimum absolute atomic E-state index is 0.407. The number of hydrogen-bond donors (Lipinski definition) is 0. The summed E-state index contributed by atoms with van der Waals surface area (Å²) in [5.41, 5.74) is 8.79. The van der Waals surface area contributed by atoms with Crippen LogP contribution in [-0.4, -0.2) is 20.3 Å². The van der Waals surface area contributed by atoms with Crippen LogP contribution in [0.4, 0.5) is 0 Å². The molecular weight excluding hydrogens is 442 g/mol. The van der Waals surface area contributed by atoms with Gasteiger partial charge in [0.2, 0.25) is 0 Å². The Kier molecular flexibility index (Phi) is 10.1. The van der Waals surface area contributed by atoms with E-state index in [2.05, 4.69) is 114 Å². The molecule has 0 heterocycles. The van der Waals surface area contributed by atoms with E-state index in [4.69, 9.17) is 0 Å². The van der Waals surface area contributed by atoms with Gasteiger partial charge in [-0.3, -0.25) is 0 Å². The summed E-state index contributed by atoms with van der Waals surface area (Å²) in [6, 6.07) is 9.72. The van der Waals surface area contributed by atoms with Crippen molar-refractivity contribution in [2.75, 3.05) is 6.16 Å². The molecule has 0 aliphatic rings. The molecule has 0 aliphatic heterocycles. The number of rotatable bonds is 8. The van der Waals surface area contributed by atoms with Gasteiger partial charge in [-0.2, -0.15) is 0 Å². The van der Waals surface area contributed by atoms with Gasteiger partial charge in [-0.1, -0.05) is 116 Å². The molecule has 1 atom stereocenters. The molecule has 0 amide bonds. The van der Waals surface area contributed by atoms with E-state index in [0.717, 1.165) is 4.78 Å². The molecule has 0 aliphatic carbocycles. The summed E-state index contributed by atoms with van der Waals surface area (Å²) in [6.45, 7) is 31.6. The molecule has 0 aromatic heterocycles. The molecule has 0 N–H and O–H groups in total. The quantitative estimate of drug-likeness (QED) is 0.253. The fourth-order valence-electron chi connectivity index (χ4n) is 7.27. The third kappa shape index (κ3) is 7.22. The lowest BCUT2D eigenvalue weighted by Crippen LogP contribution is -2.41. The van der Waals surface area contributed by atoms with Gasteiger partial charge in [0.1, 0.15) is 0 Å². The van der Waals surface area contributed by atoms with Crippen molar-refractivity contribution in [3.63, 3.8) is 0 Å². The third-order valence-electron chi connectivity index (χ3n) is 7.49. The third-order valence-corrected chi connectivity index (χ3v) is 16.5. The fourth-order valence-corrected chi connectivity index (χ4v) is 17.9. The monoisotopic (exact) mass is 494 g/mol. The highest BCUT2D eigenvalue weighted by atomic mass is 31.1. The van der Waals surface area contributed by atoms with Crippen molar-refractivity contribution in [1.29, 1.82) is 0 Å². The molecule has 0 fully saturated rings. The van der Waals surface area contributed by atoms with Crippen LogP contribution in [0.3, 0.4) is 0 Å². The second-order valence-electron chi connectivity index (χ2n) is 13.2. The van der Waals surface area contributed by atoms with Crippen LogP contribution in [0.25, 0.3) is 0 Å². The van der Waals surface area contributed by atoms with Gasteiger partial charge in [0, 0.05) is 0 Å². The van der Waals surface area contributed by atoms with E-state index in [-0.39, 0.29) is 0 Å². The predicted octanol–water partition coefficient (Wildman–Crippen LogP) is 9.63. The van der Waals surface area contributed by atoms with Crippen molar-refractivity contribution in [3.05, 3.63) is 57.6 Å². The standard InChI is InChI=1S/C24H34P.2C4H9.Al/c1-8-9-10-11-12-25(23-19(4)13-17(2)14-20(23)5)24-21(6)15-18(3)16-22(24)7;2*1-4(2)3;/h11,13-16H,8-10,12H2,1-7H3;2*1-3H3;. The van der Waals surface area contributed by atoms with Crippen LogP contribution in [0.15, 0.2) is 24.3 Å². The molecule has 2 aromatic carbocycles. The summed E-state index contributed by atoms with van der Waals surface area (Å²) < 4.78 is 1.70. The Morgan fingerprint density at radius 1 is 0.676 bits per heavy atom. The molecule has 0 saturated carbocycles. The molecule has 2 aromatic rings. The summed E-state index contributed by atoms with van der Waals surface area (Å²) in [5.74, 6) is 0. The Balaban J connectivity index is 2.78. The topological polar surface area (TPSA) is 0 Å². The lowest BCUT2D eigenvalue weighted by molar-refractivity contribution is 0.588. The first kappa shape index (κ1) is 29.6. The molecule has 0 spiro atoms. The van der Waals surface area contributed by atoms with Gasteiger partial charge in [-0.15, -0.1) is 0 Å². The number of unbranched alkanes of at least 4 members (excludes halogenated alkanes) is 1. The molecule has 2 heteroatoms. The molecule has 0 radical (unpaired) electrons. The largest absolute Gasteiger partial charge is 0.277 e. The first-order valence-corrected chi connectivity index (χ1v) is 16.9. The number of aryl methyl sites for hydroxylation is 6. The van der Waals surface area contributed by atoms with E-state index in [1.165, 1.54) is 58.8 Å². The van der Waals surface area contributed by atoms with E-state index in [1.807, 2.05) is 0 Å². The molecule has 188 valence electrons. The van der Waals surface area contributed by atoms with Crippen LogP contribution in [0, 0.1) is 41.5 Å². The van der Waals surface area contributed by atoms with Crippen molar-refractivity contribution in [2.45, 2.75) is 123 Å². The maximum Gasteiger partial charge on any atom is 0.277 e. The fraction of sp³-hybridized carbons (Fsp3) is 0.625. The highest BCUT2D eigenvalue weighted by molar-refractivity contribution is 7.73. The molecule has 2 rings (SSSR count). The van der Waals surface area contributed by atoms with Crippen LogP contribution in [0.5, 0.6) is 0 Å². The maximum atomic E-state index is 2.54. The van der Waals surface area contributed by atoms with Gasteiger partial charge < -0.3 is 0 Å². The zero-order chi connectivity index (χ0) is 26.0. The van der Waals surface area contributed by atoms with Gasteiger partial charge in [-0.25, -0.2) is 0 Å². The van der Waals surface area contributed by atoms with E-state index < -0.39 is 22.1 Å². The molecular formula is C32H52AlP. The Morgan fingerprint density at radius 3 is 1.32 bits per heavy atom. The minimum atomic E-state index is -1.13. The van der Waals surface area contributed by atoms with Crippen LogP contribution < -0.4 is 10.6 Å². The van der Waals surface area contributed by atoms with E-state index >= 15 is 0 Å².